The van der Waals surface area contributed by atoms with Crippen LogP contribution in [0.2, 0.25) is 0 Å². The van der Waals surface area contributed by atoms with Crippen LogP contribution in [0, 0.1) is 5.92 Å². The number of carbonyl (C=O) groups excluding carboxylic acids is 1. The topological polar surface area (TPSA) is 26.3 Å². The lowest BCUT2D eigenvalue weighted by atomic mass is 9.95. The van der Waals surface area contributed by atoms with E-state index in [1.54, 1.807) is 0 Å². The molecule has 120 valence electrons. The summed E-state index contributed by atoms with van der Waals surface area (Å²) in [7, 11) is 0. The van der Waals surface area contributed by atoms with Crippen LogP contribution in [0.1, 0.15) is 97.8 Å². The third-order valence-electron chi connectivity index (χ3n) is 3.93. The van der Waals surface area contributed by atoms with Gasteiger partial charge in [0.05, 0.1) is 12.5 Å². The smallest absolute Gasteiger partial charge is 0.308 e. The normalized spacial score (nSPS) is 12.3. The third-order valence-corrected chi connectivity index (χ3v) is 3.93. The Balaban J connectivity index is 3.65. The molecule has 0 saturated heterocycles. The highest BCUT2D eigenvalue weighted by Crippen LogP contribution is 2.19. The Labute approximate surface area is 126 Å². The Morgan fingerprint density at radius 3 is 1.80 bits per heavy atom. The van der Waals surface area contributed by atoms with E-state index in [4.69, 9.17) is 4.74 Å². The average Bonchev–Trinajstić information content (AvgIpc) is 2.45. The minimum atomic E-state index is 0.0314. The van der Waals surface area contributed by atoms with E-state index >= 15 is 0 Å². The summed E-state index contributed by atoms with van der Waals surface area (Å²) in [5.74, 6) is 0.180. The monoisotopic (exact) mass is 284 g/mol. The lowest BCUT2D eigenvalue weighted by Crippen LogP contribution is -2.17. The molecule has 0 aromatic rings. The lowest BCUT2D eigenvalue weighted by Gasteiger charge is -2.15. The first-order chi connectivity index (χ1) is 9.76. The first-order valence-corrected chi connectivity index (χ1v) is 8.92. The Hall–Kier alpha value is -0.530. The number of ether oxygens (including phenoxy) is 1. The molecule has 0 rings (SSSR count). The molecule has 0 radical (unpaired) electrons. The minimum absolute atomic E-state index is 0.0314. The van der Waals surface area contributed by atoms with Crippen LogP contribution in [0.25, 0.3) is 0 Å². The van der Waals surface area contributed by atoms with E-state index in [0.717, 1.165) is 25.7 Å². The van der Waals surface area contributed by atoms with Crippen LogP contribution < -0.4 is 0 Å². The molecule has 0 amide bonds. The Morgan fingerprint density at radius 1 is 0.750 bits per heavy atom. The van der Waals surface area contributed by atoms with Crippen molar-refractivity contribution in [3.63, 3.8) is 0 Å². The molecule has 0 aliphatic heterocycles. The molecule has 0 heterocycles. The molecule has 1 atom stereocenters. The molecule has 2 nitrogen and oxygen atoms in total. The van der Waals surface area contributed by atoms with Gasteiger partial charge in [0.1, 0.15) is 0 Å². The molecule has 0 saturated carbocycles. The highest BCUT2D eigenvalue weighted by molar-refractivity contribution is 5.72. The highest BCUT2D eigenvalue weighted by Gasteiger charge is 2.18. The van der Waals surface area contributed by atoms with E-state index in [1.165, 1.54) is 51.4 Å². The van der Waals surface area contributed by atoms with Gasteiger partial charge in [-0.15, -0.1) is 0 Å². The Kier molecular flexibility index (Phi) is 14.5. The molecule has 20 heavy (non-hydrogen) atoms. The fraction of sp³-hybridized carbons (Fsp3) is 0.944. The summed E-state index contributed by atoms with van der Waals surface area (Å²) in [6.45, 7) is 6.84. The summed E-state index contributed by atoms with van der Waals surface area (Å²) in [6, 6.07) is 0. The quantitative estimate of drug-likeness (QED) is 0.294. The zero-order chi connectivity index (χ0) is 15.1. The summed E-state index contributed by atoms with van der Waals surface area (Å²) in [5.41, 5.74) is 0. The fourth-order valence-corrected chi connectivity index (χ4v) is 2.62. The van der Waals surface area contributed by atoms with Crippen LogP contribution in [0.4, 0.5) is 0 Å². The molecule has 2 heteroatoms. The molecule has 0 N–H and O–H groups in total. The summed E-state index contributed by atoms with van der Waals surface area (Å²) in [4.78, 5) is 11.9. The van der Waals surface area contributed by atoms with Crippen molar-refractivity contribution < 1.29 is 9.53 Å². The molecule has 0 spiro atoms. The van der Waals surface area contributed by atoms with Crippen LogP contribution in [-0.4, -0.2) is 12.6 Å². The van der Waals surface area contributed by atoms with Gasteiger partial charge in [0, 0.05) is 0 Å². The van der Waals surface area contributed by atoms with Gasteiger partial charge in [-0.05, 0) is 19.8 Å². The first kappa shape index (κ1) is 19.5. The number of unbranched alkanes of at least 4 members (excludes halogenated alkanes) is 8. The fourth-order valence-electron chi connectivity index (χ4n) is 2.62. The van der Waals surface area contributed by atoms with Gasteiger partial charge in [-0.1, -0.05) is 78.1 Å². The zero-order valence-corrected chi connectivity index (χ0v) is 14.1. The molecule has 0 bridgehead atoms. The Morgan fingerprint density at radius 2 is 1.25 bits per heavy atom. The van der Waals surface area contributed by atoms with E-state index < -0.39 is 0 Å². The van der Waals surface area contributed by atoms with Gasteiger partial charge in [-0.2, -0.15) is 0 Å². The summed E-state index contributed by atoms with van der Waals surface area (Å²) in [6.07, 6.45) is 14.9. The van der Waals surface area contributed by atoms with Gasteiger partial charge in [-0.25, -0.2) is 0 Å². The highest BCUT2D eigenvalue weighted by atomic mass is 16.5. The van der Waals surface area contributed by atoms with Gasteiger partial charge in [0.2, 0.25) is 0 Å². The van der Waals surface area contributed by atoms with Crippen LogP contribution >= 0.6 is 0 Å². The second-order valence-corrected chi connectivity index (χ2v) is 5.85. The maximum absolute atomic E-state index is 11.9. The van der Waals surface area contributed by atoms with Crippen molar-refractivity contribution in [3.05, 3.63) is 0 Å². The SMILES string of the molecule is CCCCCCCCCCC(CCCC)C(=O)OCC. The van der Waals surface area contributed by atoms with Crippen LogP contribution in [0.3, 0.4) is 0 Å². The molecule has 0 aromatic carbocycles. The average molecular weight is 284 g/mol. The van der Waals surface area contributed by atoms with Crippen molar-refractivity contribution in [3.8, 4) is 0 Å². The number of rotatable bonds is 14. The summed E-state index contributed by atoms with van der Waals surface area (Å²) >= 11 is 0. The second-order valence-electron chi connectivity index (χ2n) is 5.85. The molecule has 0 aliphatic rings. The number of carbonyl (C=O) groups is 1. The first-order valence-electron chi connectivity index (χ1n) is 8.92. The summed E-state index contributed by atoms with van der Waals surface area (Å²) in [5, 5.41) is 0. The van der Waals surface area contributed by atoms with Gasteiger partial charge in [0.15, 0.2) is 0 Å². The predicted octanol–water partition coefficient (Wildman–Crippen LogP) is 5.89. The molecule has 0 aromatic heterocycles. The molecule has 0 fully saturated rings. The van der Waals surface area contributed by atoms with Gasteiger partial charge < -0.3 is 4.74 Å². The molecular weight excluding hydrogens is 248 g/mol. The van der Waals surface area contributed by atoms with Crippen molar-refractivity contribution >= 4 is 5.97 Å². The molecular formula is C18H36O2. The zero-order valence-electron chi connectivity index (χ0n) is 14.1. The maximum Gasteiger partial charge on any atom is 0.308 e. The maximum atomic E-state index is 11.9. The van der Waals surface area contributed by atoms with Crippen molar-refractivity contribution in [2.24, 2.45) is 5.92 Å². The van der Waals surface area contributed by atoms with E-state index in [-0.39, 0.29) is 11.9 Å². The van der Waals surface area contributed by atoms with E-state index in [9.17, 15) is 4.79 Å². The largest absolute Gasteiger partial charge is 0.466 e. The standard InChI is InChI=1S/C18H36O2/c1-4-7-9-10-11-12-13-14-16-17(15-8-5-2)18(19)20-6-3/h17H,4-16H2,1-3H3. The number of hydrogen-bond acceptors (Lipinski definition) is 2. The number of hydrogen-bond donors (Lipinski definition) is 0. The minimum Gasteiger partial charge on any atom is -0.466 e. The predicted molar refractivity (Wildman–Crippen MR) is 86.9 cm³/mol. The van der Waals surface area contributed by atoms with E-state index in [2.05, 4.69) is 13.8 Å². The third kappa shape index (κ3) is 11.3. The van der Waals surface area contributed by atoms with Crippen LogP contribution in [0.5, 0.6) is 0 Å². The van der Waals surface area contributed by atoms with Crippen molar-refractivity contribution in [1.82, 2.24) is 0 Å². The van der Waals surface area contributed by atoms with Crippen molar-refractivity contribution in [1.29, 1.82) is 0 Å². The van der Waals surface area contributed by atoms with Crippen molar-refractivity contribution in [2.75, 3.05) is 6.61 Å². The van der Waals surface area contributed by atoms with Gasteiger partial charge in [-0.3, -0.25) is 4.79 Å². The van der Waals surface area contributed by atoms with Crippen molar-refractivity contribution in [2.45, 2.75) is 97.8 Å². The van der Waals surface area contributed by atoms with Gasteiger partial charge in [0.25, 0.3) is 0 Å². The van der Waals surface area contributed by atoms with Gasteiger partial charge >= 0.3 is 5.97 Å². The van der Waals surface area contributed by atoms with Crippen LogP contribution in [-0.2, 0) is 9.53 Å². The van der Waals surface area contributed by atoms with E-state index in [0.29, 0.717) is 6.61 Å². The van der Waals surface area contributed by atoms with E-state index in [1.807, 2.05) is 6.92 Å². The Bertz CT molecular complexity index is 213. The van der Waals surface area contributed by atoms with Crippen LogP contribution in [0.15, 0.2) is 0 Å². The molecule has 1 unspecified atom stereocenters. The summed E-state index contributed by atoms with van der Waals surface area (Å²) < 4.78 is 5.18. The second kappa shape index (κ2) is 14.9. The molecule has 0 aliphatic carbocycles. The lowest BCUT2D eigenvalue weighted by molar-refractivity contribution is -0.148. The number of esters is 1.